The number of nitrogens with zero attached hydrogens (tertiary/aromatic N) is 2. The van der Waals surface area contributed by atoms with Crippen LogP contribution in [-0.4, -0.2) is 57.1 Å². The number of ether oxygens (including phenoxy) is 2. The zero-order chi connectivity index (χ0) is 15.3. The zero-order valence-electron chi connectivity index (χ0n) is 11.8. The lowest BCUT2D eigenvalue weighted by molar-refractivity contribution is 0.0590. The van der Waals surface area contributed by atoms with Gasteiger partial charge >= 0.3 is 5.97 Å². The van der Waals surface area contributed by atoms with E-state index in [0.29, 0.717) is 0 Å². The number of aromatic nitrogens is 1. The monoisotopic (exact) mass is 322 g/mol. The lowest BCUT2D eigenvalue weighted by Gasteiger charge is -2.26. The summed E-state index contributed by atoms with van der Waals surface area (Å²) in [6, 6.07) is -0.345. The third-order valence-electron chi connectivity index (χ3n) is 2.67. The van der Waals surface area contributed by atoms with Gasteiger partial charge in [-0.05, 0) is 6.92 Å². The van der Waals surface area contributed by atoms with Crippen LogP contribution in [0.1, 0.15) is 24.3 Å². The minimum atomic E-state index is -3.81. The van der Waals surface area contributed by atoms with Gasteiger partial charge in [-0.1, -0.05) is 6.92 Å². The summed E-state index contributed by atoms with van der Waals surface area (Å²) in [5, 5.41) is 0. The van der Waals surface area contributed by atoms with Gasteiger partial charge in [0.05, 0.1) is 19.2 Å². The number of sulfonamides is 1. The molecule has 1 unspecified atom stereocenters. The summed E-state index contributed by atoms with van der Waals surface area (Å²) >= 11 is 0.897. The number of likely N-dealkylation sites (N-methyl/N-ethyl adjacent to an activating group) is 1. The number of methoxy groups -OCH3 is 2. The van der Waals surface area contributed by atoms with Gasteiger partial charge in [0.25, 0.3) is 10.0 Å². The maximum absolute atomic E-state index is 12.6. The highest BCUT2D eigenvalue weighted by Crippen LogP contribution is 2.26. The van der Waals surface area contributed by atoms with Gasteiger partial charge in [0.2, 0.25) is 0 Å². The second-order valence-corrected chi connectivity index (χ2v) is 6.93. The highest BCUT2D eigenvalue weighted by Gasteiger charge is 2.33. The number of rotatable bonds is 7. The summed E-state index contributed by atoms with van der Waals surface area (Å²) in [5.74, 6) is -0.764. The van der Waals surface area contributed by atoms with Gasteiger partial charge in [-0.15, -0.1) is 11.3 Å². The van der Waals surface area contributed by atoms with Gasteiger partial charge in [0.1, 0.15) is 0 Å². The molecule has 9 heteroatoms. The molecule has 7 nitrogen and oxygen atoms in total. The molecule has 1 heterocycles. The average Bonchev–Trinajstić information content (AvgIpc) is 2.88. The molecule has 0 saturated heterocycles. The molecule has 1 atom stereocenters. The van der Waals surface area contributed by atoms with E-state index in [0.717, 1.165) is 11.3 Å². The smallest absolute Gasteiger partial charge is 0.358 e. The Morgan fingerprint density at radius 1 is 1.50 bits per heavy atom. The number of hydrogen-bond donors (Lipinski definition) is 0. The molecule has 1 rings (SSSR count). The fourth-order valence-corrected chi connectivity index (χ4v) is 4.67. The van der Waals surface area contributed by atoms with Crippen LogP contribution < -0.4 is 0 Å². The predicted molar refractivity (Wildman–Crippen MR) is 74.4 cm³/mol. The first-order chi connectivity index (χ1) is 9.39. The molecule has 0 saturated carbocycles. The molecule has 0 aliphatic carbocycles. The standard InChI is InChI=1S/C11H18N2O5S2/c1-5-13(8(2)6-17-3)20(15,16)11-9(10(14)18-4)12-7-19-11/h7-8H,5-6H2,1-4H3. The van der Waals surface area contributed by atoms with Crippen molar-refractivity contribution in [1.29, 1.82) is 0 Å². The van der Waals surface area contributed by atoms with Gasteiger partial charge in [0.15, 0.2) is 9.90 Å². The SMILES string of the molecule is CCN(C(C)COC)S(=O)(=O)c1scnc1C(=O)OC. The van der Waals surface area contributed by atoms with E-state index in [1.807, 2.05) is 0 Å². The molecule has 1 aromatic rings. The number of carbonyl (C=O) groups excluding carboxylic acids is 1. The molecule has 0 amide bonds. The summed E-state index contributed by atoms with van der Waals surface area (Å²) < 4.78 is 35.9. The Bertz CT molecular complexity index is 555. The van der Waals surface area contributed by atoms with Crippen molar-refractivity contribution in [3.05, 3.63) is 11.2 Å². The highest BCUT2D eigenvalue weighted by atomic mass is 32.2. The number of esters is 1. The van der Waals surface area contributed by atoms with E-state index in [1.165, 1.54) is 24.0 Å². The zero-order valence-corrected chi connectivity index (χ0v) is 13.5. The van der Waals surface area contributed by atoms with E-state index in [4.69, 9.17) is 4.74 Å². The van der Waals surface area contributed by atoms with Crippen molar-refractivity contribution in [3.63, 3.8) is 0 Å². The summed E-state index contributed by atoms with van der Waals surface area (Å²) in [4.78, 5) is 15.3. The molecule has 0 radical (unpaired) electrons. The van der Waals surface area contributed by atoms with Crippen molar-refractivity contribution in [2.24, 2.45) is 0 Å². The summed E-state index contributed by atoms with van der Waals surface area (Å²) in [6.45, 7) is 4.00. The van der Waals surface area contributed by atoms with Crippen LogP contribution >= 0.6 is 11.3 Å². The van der Waals surface area contributed by atoms with Crippen molar-refractivity contribution in [2.75, 3.05) is 27.4 Å². The predicted octanol–water partition coefficient (Wildman–Crippen LogP) is 0.975. The van der Waals surface area contributed by atoms with Gasteiger partial charge in [-0.2, -0.15) is 4.31 Å². The van der Waals surface area contributed by atoms with Crippen molar-refractivity contribution >= 4 is 27.3 Å². The molecular formula is C11H18N2O5S2. The fourth-order valence-electron chi connectivity index (χ4n) is 1.80. The Hall–Kier alpha value is -1.03. The first-order valence-corrected chi connectivity index (χ1v) is 8.24. The van der Waals surface area contributed by atoms with E-state index < -0.39 is 16.0 Å². The summed E-state index contributed by atoms with van der Waals surface area (Å²) in [6.07, 6.45) is 0. The normalized spacial score (nSPS) is 13.4. The third kappa shape index (κ3) is 3.35. The van der Waals surface area contributed by atoms with Gasteiger partial charge < -0.3 is 9.47 Å². The summed E-state index contributed by atoms with van der Waals surface area (Å²) in [5.41, 5.74) is 1.13. The van der Waals surface area contributed by atoms with Crippen molar-refractivity contribution < 1.29 is 22.7 Å². The molecule has 0 bridgehead atoms. The average molecular weight is 322 g/mol. The Kier molecular flexibility index (Phi) is 6.06. The molecule has 20 heavy (non-hydrogen) atoms. The Morgan fingerprint density at radius 3 is 2.65 bits per heavy atom. The van der Waals surface area contributed by atoms with Crippen LogP contribution in [0, 0.1) is 0 Å². The minimum Gasteiger partial charge on any atom is -0.464 e. The molecular weight excluding hydrogens is 304 g/mol. The minimum absolute atomic E-state index is 0.103. The van der Waals surface area contributed by atoms with Crippen molar-refractivity contribution in [2.45, 2.75) is 24.1 Å². The fraction of sp³-hybridized carbons (Fsp3) is 0.636. The van der Waals surface area contributed by atoms with E-state index in [2.05, 4.69) is 9.72 Å². The van der Waals surface area contributed by atoms with E-state index in [-0.39, 0.29) is 29.1 Å². The molecule has 0 aliphatic heterocycles. The van der Waals surface area contributed by atoms with Crippen molar-refractivity contribution in [1.82, 2.24) is 9.29 Å². The first kappa shape index (κ1) is 17.0. The molecule has 0 aliphatic rings. The third-order valence-corrected chi connectivity index (χ3v) is 6.10. The van der Waals surface area contributed by atoms with E-state index >= 15 is 0 Å². The topological polar surface area (TPSA) is 85.8 Å². The number of hydrogen-bond acceptors (Lipinski definition) is 7. The largest absolute Gasteiger partial charge is 0.464 e. The molecule has 0 N–H and O–H groups in total. The second kappa shape index (κ2) is 7.11. The van der Waals surface area contributed by atoms with Gasteiger partial charge in [-0.25, -0.2) is 18.2 Å². The van der Waals surface area contributed by atoms with Crippen LogP contribution in [0.15, 0.2) is 9.72 Å². The summed E-state index contributed by atoms with van der Waals surface area (Å²) in [7, 11) is -1.12. The van der Waals surface area contributed by atoms with E-state index in [1.54, 1.807) is 13.8 Å². The maximum Gasteiger partial charge on any atom is 0.358 e. The molecule has 1 aromatic heterocycles. The molecule has 114 valence electrons. The quantitative estimate of drug-likeness (QED) is 0.696. The van der Waals surface area contributed by atoms with Gasteiger partial charge in [0, 0.05) is 19.7 Å². The first-order valence-electron chi connectivity index (χ1n) is 5.92. The van der Waals surface area contributed by atoms with Gasteiger partial charge in [-0.3, -0.25) is 0 Å². The van der Waals surface area contributed by atoms with Crippen LogP contribution in [0.5, 0.6) is 0 Å². The lowest BCUT2D eigenvalue weighted by Crippen LogP contribution is -2.41. The van der Waals surface area contributed by atoms with Crippen LogP contribution in [0.4, 0.5) is 0 Å². The van der Waals surface area contributed by atoms with Crippen LogP contribution in [0.25, 0.3) is 0 Å². The maximum atomic E-state index is 12.6. The molecule has 0 spiro atoms. The molecule has 0 aromatic carbocycles. The number of thiazole rings is 1. The highest BCUT2D eigenvalue weighted by molar-refractivity contribution is 7.91. The van der Waals surface area contributed by atoms with E-state index in [9.17, 15) is 13.2 Å². The Labute approximate surface area is 122 Å². The second-order valence-electron chi connectivity index (χ2n) is 3.99. The lowest BCUT2D eigenvalue weighted by atomic mass is 10.4. The van der Waals surface area contributed by atoms with Crippen molar-refractivity contribution in [3.8, 4) is 0 Å². The van der Waals surface area contributed by atoms with Crippen LogP contribution in [-0.2, 0) is 19.5 Å². The van der Waals surface area contributed by atoms with Crippen LogP contribution in [0.2, 0.25) is 0 Å². The Balaban J connectivity index is 3.21. The molecule has 0 fully saturated rings. The number of carbonyl (C=O) groups is 1. The Morgan fingerprint density at radius 2 is 2.15 bits per heavy atom. The van der Waals surface area contributed by atoms with Crippen LogP contribution in [0.3, 0.4) is 0 Å².